The van der Waals surface area contributed by atoms with Gasteiger partial charge in [-0.05, 0) is 79.9 Å². The fourth-order valence-corrected chi connectivity index (χ4v) is 4.59. The van der Waals surface area contributed by atoms with Crippen LogP contribution in [0.15, 0.2) is 76.1 Å². The van der Waals surface area contributed by atoms with Crippen molar-refractivity contribution in [2.45, 2.75) is 31.7 Å². The highest BCUT2D eigenvalue weighted by atomic mass is 79.9. The zero-order valence-corrected chi connectivity index (χ0v) is 20.5. The van der Waals surface area contributed by atoms with Gasteiger partial charge in [0.25, 0.3) is 15.9 Å². The summed E-state index contributed by atoms with van der Waals surface area (Å²) in [5.41, 5.74) is 3.31. The molecule has 0 aliphatic rings. The molecule has 3 rings (SSSR count). The maximum Gasteiger partial charge on any atom is 0.261 e. The Kier molecular flexibility index (Phi) is 7.58. The molecular formula is C24H25BrN2O4S. The Hall–Kier alpha value is -2.84. The molecule has 1 amide bonds. The average molecular weight is 517 g/mol. The summed E-state index contributed by atoms with van der Waals surface area (Å²) in [5.74, 6) is 0.131. The SMILES string of the molecule is Cc1ccc(C)c(NS(=O)(=O)c2ccc(OCC(=O)N[C@@H](C)c3cccc(Br)c3)cc2)c1. The number of anilines is 1. The van der Waals surface area contributed by atoms with E-state index in [1.807, 2.05) is 57.2 Å². The Morgan fingerprint density at radius 1 is 1.03 bits per heavy atom. The second-order valence-corrected chi connectivity index (χ2v) is 10.1. The van der Waals surface area contributed by atoms with Gasteiger partial charge in [-0.3, -0.25) is 9.52 Å². The van der Waals surface area contributed by atoms with E-state index in [4.69, 9.17) is 4.74 Å². The molecule has 0 radical (unpaired) electrons. The zero-order valence-electron chi connectivity index (χ0n) is 18.1. The Balaban J connectivity index is 1.58. The number of aryl methyl sites for hydroxylation is 2. The van der Waals surface area contributed by atoms with E-state index >= 15 is 0 Å². The number of amides is 1. The van der Waals surface area contributed by atoms with Crippen molar-refractivity contribution >= 4 is 37.5 Å². The van der Waals surface area contributed by atoms with Gasteiger partial charge in [0.05, 0.1) is 16.6 Å². The van der Waals surface area contributed by atoms with Crippen molar-refractivity contribution in [1.82, 2.24) is 5.32 Å². The summed E-state index contributed by atoms with van der Waals surface area (Å²) in [5, 5.41) is 2.88. The molecule has 0 bridgehead atoms. The fraction of sp³-hybridized carbons (Fsp3) is 0.208. The third kappa shape index (κ3) is 6.34. The van der Waals surface area contributed by atoms with Crippen LogP contribution in [-0.4, -0.2) is 20.9 Å². The minimum absolute atomic E-state index is 0.110. The average Bonchev–Trinajstić information content (AvgIpc) is 2.75. The van der Waals surface area contributed by atoms with E-state index in [1.54, 1.807) is 6.07 Å². The molecule has 3 aromatic rings. The van der Waals surface area contributed by atoms with Gasteiger partial charge in [-0.1, -0.05) is 40.2 Å². The molecule has 0 spiro atoms. The Morgan fingerprint density at radius 3 is 2.44 bits per heavy atom. The van der Waals surface area contributed by atoms with Crippen LogP contribution in [0.1, 0.15) is 29.7 Å². The molecule has 0 aliphatic heterocycles. The maximum atomic E-state index is 12.7. The van der Waals surface area contributed by atoms with Gasteiger partial charge in [-0.2, -0.15) is 0 Å². The molecule has 1 atom stereocenters. The lowest BCUT2D eigenvalue weighted by molar-refractivity contribution is -0.123. The summed E-state index contributed by atoms with van der Waals surface area (Å²) in [6, 6.07) is 19.1. The number of ether oxygens (including phenoxy) is 1. The van der Waals surface area contributed by atoms with Gasteiger partial charge < -0.3 is 10.1 Å². The van der Waals surface area contributed by atoms with Gasteiger partial charge in [0.15, 0.2) is 6.61 Å². The summed E-state index contributed by atoms with van der Waals surface area (Å²) in [6.07, 6.45) is 0. The van der Waals surface area contributed by atoms with Gasteiger partial charge in [0.2, 0.25) is 0 Å². The molecule has 2 N–H and O–H groups in total. The van der Waals surface area contributed by atoms with Crippen LogP contribution in [-0.2, 0) is 14.8 Å². The van der Waals surface area contributed by atoms with Crippen molar-refractivity contribution in [3.8, 4) is 5.75 Å². The molecule has 6 nitrogen and oxygen atoms in total. The smallest absolute Gasteiger partial charge is 0.261 e. The molecule has 0 aliphatic carbocycles. The highest BCUT2D eigenvalue weighted by molar-refractivity contribution is 9.10. The summed E-state index contributed by atoms with van der Waals surface area (Å²) in [4.78, 5) is 12.3. The number of carbonyl (C=O) groups is 1. The van der Waals surface area contributed by atoms with E-state index < -0.39 is 10.0 Å². The molecule has 0 saturated carbocycles. The number of hydrogen-bond acceptors (Lipinski definition) is 4. The first-order valence-corrected chi connectivity index (χ1v) is 12.3. The van der Waals surface area contributed by atoms with E-state index in [0.717, 1.165) is 21.2 Å². The van der Waals surface area contributed by atoms with Crippen LogP contribution in [0.4, 0.5) is 5.69 Å². The van der Waals surface area contributed by atoms with Crippen molar-refractivity contribution in [2.24, 2.45) is 0 Å². The first-order valence-electron chi connectivity index (χ1n) is 10.0. The van der Waals surface area contributed by atoms with Crippen LogP contribution in [0.25, 0.3) is 0 Å². The lowest BCUT2D eigenvalue weighted by Crippen LogP contribution is -2.31. The van der Waals surface area contributed by atoms with Gasteiger partial charge >= 0.3 is 0 Å². The first-order chi connectivity index (χ1) is 15.1. The van der Waals surface area contributed by atoms with Crippen LogP contribution in [0, 0.1) is 13.8 Å². The Labute approximate surface area is 197 Å². The minimum atomic E-state index is -3.74. The normalized spacial score (nSPS) is 12.1. The maximum absolute atomic E-state index is 12.7. The molecular weight excluding hydrogens is 492 g/mol. The van der Waals surface area contributed by atoms with Crippen molar-refractivity contribution < 1.29 is 17.9 Å². The summed E-state index contributed by atoms with van der Waals surface area (Å²) < 4.78 is 34.5. The lowest BCUT2D eigenvalue weighted by Gasteiger charge is -2.15. The van der Waals surface area contributed by atoms with E-state index in [0.29, 0.717) is 11.4 Å². The third-order valence-corrected chi connectivity index (χ3v) is 6.74. The van der Waals surface area contributed by atoms with Crippen LogP contribution < -0.4 is 14.8 Å². The van der Waals surface area contributed by atoms with Crippen LogP contribution in [0.3, 0.4) is 0 Å². The first kappa shape index (κ1) is 23.8. The quantitative estimate of drug-likeness (QED) is 0.434. The minimum Gasteiger partial charge on any atom is -0.484 e. The molecule has 0 aromatic heterocycles. The predicted octanol–water partition coefficient (Wildman–Crippen LogP) is 5.12. The number of halogens is 1. The van der Waals surface area contributed by atoms with Crippen LogP contribution in [0.5, 0.6) is 5.75 Å². The van der Waals surface area contributed by atoms with Crippen molar-refractivity contribution in [2.75, 3.05) is 11.3 Å². The number of sulfonamides is 1. The Bertz CT molecular complexity index is 1210. The molecule has 0 fully saturated rings. The monoisotopic (exact) mass is 516 g/mol. The number of carbonyl (C=O) groups excluding carboxylic acids is 1. The predicted molar refractivity (Wildman–Crippen MR) is 129 cm³/mol. The van der Waals surface area contributed by atoms with Crippen LogP contribution in [0.2, 0.25) is 0 Å². The zero-order chi connectivity index (χ0) is 23.3. The molecule has 168 valence electrons. The van der Waals surface area contributed by atoms with Gasteiger partial charge in [0.1, 0.15) is 5.75 Å². The van der Waals surface area contributed by atoms with Gasteiger partial charge in [0, 0.05) is 4.47 Å². The summed E-state index contributed by atoms with van der Waals surface area (Å²) >= 11 is 3.42. The highest BCUT2D eigenvalue weighted by Gasteiger charge is 2.16. The molecule has 0 saturated heterocycles. The fourth-order valence-electron chi connectivity index (χ4n) is 3.06. The Morgan fingerprint density at radius 2 is 1.75 bits per heavy atom. The highest BCUT2D eigenvalue weighted by Crippen LogP contribution is 2.23. The molecule has 32 heavy (non-hydrogen) atoms. The largest absolute Gasteiger partial charge is 0.484 e. The number of hydrogen-bond donors (Lipinski definition) is 2. The van der Waals surface area contributed by atoms with Crippen molar-refractivity contribution in [1.29, 1.82) is 0 Å². The lowest BCUT2D eigenvalue weighted by atomic mass is 10.1. The third-order valence-electron chi connectivity index (χ3n) is 4.87. The van der Waals surface area contributed by atoms with E-state index in [1.165, 1.54) is 24.3 Å². The molecule has 8 heteroatoms. The van der Waals surface area contributed by atoms with E-state index in [2.05, 4.69) is 26.0 Å². The van der Waals surface area contributed by atoms with Crippen molar-refractivity contribution in [3.63, 3.8) is 0 Å². The van der Waals surface area contributed by atoms with E-state index in [-0.39, 0.29) is 23.5 Å². The number of rotatable bonds is 8. The second-order valence-electron chi connectivity index (χ2n) is 7.53. The second kappa shape index (κ2) is 10.2. The summed E-state index contributed by atoms with van der Waals surface area (Å²) in [7, 11) is -3.74. The van der Waals surface area contributed by atoms with E-state index in [9.17, 15) is 13.2 Å². The molecule has 0 unspecified atom stereocenters. The molecule has 3 aromatic carbocycles. The number of benzene rings is 3. The van der Waals surface area contributed by atoms with Gasteiger partial charge in [-0.25, -0.2) is 8.42 Å². The van der Waals surface area contributed by atoms with Gasteiger partial charge in [-0.15, -0.1) is 0 Å². The topological polar surface area (TPSA) is 84.5 Å². The van der Waals surface area contributed by atoms with Crippen molar-refractivity contribution in [3.05, 3.63) is 87.9 Å². The van der Waals surface area contributed by atoms with Crippen LogP contribution >= 0.6 is 15.9 Å². The standard InChI is InChI=1S/C24H25BrN2O4S/c1-16-7-8-17(2)23(13-16)27-32(29,30)22-11-9-21(10-12-22)31-15-24(28)26-18(3)19-5-4-6-20(25)14-19/h4-14,18,27H,15H2,1-3H3,(H,26,28)/t18-/m0/s1. The molecule has 0 heterocycles. The summed E-state index contributed by atoms with van der Waals surface area (Å²) in [6.45, 7) is 5.46. The number of nitrogens with one attached hydrogen (secondary N) is 2.